The van der Waals surface area contributed by atoms with Crippen molar-refractivity contribution in [2.75, 3.05) is 0 Å². The molecule has 1 saturated carbocycles. The van der Waals surface area contributed by atoms with Crippen LogP contribution in [0.4, 0.5) is 0 Å². The van der Waals surface area contributed by atoms with Gasteiger partial charge in [-0.2, -0.15) is 0 Å². The third-order valence-corrected chi connectivity index (χ3v) is 6.26. The van der Waals surface area contributed by atoms with Crippen LogP contribution in [0.25, 0.3) is 22.2 Å². The van der Waals surface area contributed by atoms with Gasteiger partial charge in [-0.15, -0.1) is 0 Å². The second kappa shape index (κ2) is 11.2. The highest BCUT2D eigenvalue weighted by atomic mass is 16.1. The van der Waals surface area contributed by atoms with Gasteiger partial charge in [0.25, 0.3) is 0 Å². The van der Waals surface area contributed by atoms with Gasteiger partial charge in [-0.25, -0.2) is 0 Å². The molecule has 1 aromatic heterocycles. The van der Waals surface area contributed by atoms with Crippen molar-refractivity contribution in [3.63, 3.8) is 0 Å². The number of benzene rings is 2. The fraction of sp³-hybridized carbons (Fsp3) is 0.464. The molecule has 0 saturated heterocycles. The number of carbonyl (C=O) groups is 1. The molecule has 1 aliphatic carbocycles. The van der Waals surface area contributed by atoms with Crippen molar-refractivity contribution in [3.05, 3.63) is 59.2 Å². The summed E-state index contributed by atoms with van der Waals surface area (Å²) in [5, 5.41) is 1.27. The highest BCUT2D eigenvalue weighted by Crippen LogP contribution is 2.37. The number of fused-ring (bicyclic) bond motifs is 1. The third-order valence-electron chi connectivity index (χ3n) is 6.26. The number of hydrogen-bond acceptors (Lipinski definition) is 1. The maximum Gasteiger partial charge on any atom is 0.123 e. The zero-order valence-corrected chi connectivity index (χ0v) is 18.4. The third kappa shape index (κ3) is 5.62. The van der Waals surface area contributed by atoms with Gasteiger partial charge in [0.1, 0.15) is 6.29 Å². The summed E-state index contributed by atoms with van der Waals surface area (Å²) in [6, 6.07) is 15.7. The number of aromatic amines is 1. The molecule has 0 radical (unpaired) electrons. The molecule has 4 rings (SSSR count). The Hall–Kier alpha value is -2.35. The Morgan fingerprint density at radius 1 is 0.933 bits per heavy atom. The van der Waals surface area contributed by atoms with Crippen LogP contribution in [-0.4, -0.2) is 11.3 Å². The molecule has 2 aromatic carbocycles. The van der Waals surface area contributed by atoms with Gasteiger partial charge in [0, 0.05) is 28.1 Å². The van der Waals surface area contributed by atoms with Crippen LogP contribution < -0.4 is 0 Å². The minimum absolute atomic E-state index is 0. The van der Waals surface area contributed by atoms with E-state index >= 15 is 0 Å². The molecule has 0 amide bonds. The van der Waals surface area contributed by atoms with E-state index in [1.165, 1.54) is 51.7 Å². The second-order valence-corrected chi connectivity index (χ2v) is 8.60. The van der Waals surface area contributed by atoms with Crippen LogP contribution >= 0.6 is 0 Å². The summed E-state index contributed by atoms with van der Waals surface area (Å²) in [5.74, 6) is 0.861. The molecule has 0 spiro atoms. The van der Waals surface area contributed by atoms with E-state index in [-0.39, 0.29) is 13.3 Å². The quantitative estimate of drug-likeness (QED) is 0.434. The summed E-state index contributed by atoms with van der Waals surface area (Å²) >= 11 is 0. The van der Waals surface area contributed by atoms with Gasteiger partial charge in [-0.3, -0.25) is 0 Å². The van der Waals surface area contributed by atoms with E-state index in [0.29, 0.717) is 5.92 Å². The Bertz CT molecular complexity index is 942. The standard InChI is InChI=1S/C23H25NO.C4H10.CH4/c1-15-3-10-22-20(11-15)13-23(24-22)21-12-19(7-4-16(21)2)18-8-5-17(14-25)6-9-18;1-3-4-2;/h3-4,7,10-14,17-18,24H,5-6,8-9H2,1-2H3;3-4H2,1-2H3;1H4. The van der Waals surface area contributed by atoms with Crippen LogP contribution in [0.1, 0.15) is 82.4 Å². The van der Waals surface area contributed by atoms with Crippen LogP contribution in [0, 0.1) is 19.8 Å². The molecule has 0 bridgehead atoms. The molecule has 0 aliphatic heterocycles. The summed E-state index contributed by atoms with van der Waals surface area (Å²) in [4.78, 5) is 14.6. The number of nitrogens with one attached hydrogen (secondary N) is 1. The van der Waals surface area contributed by atoms with Gasteiger partial charge in [0.05, 0.1) is 0 Å². The molecule has 3 aromatic rings. The van der Waals surface area contributed by atoms with Gasteiger partial charge in [-0.05, 0) is 80.8 Å². The van der Waals surface area contributed by atoms with Crippen LogP contribution in [0.5, 0.6) is 0 Å². The number of aromatic nitrogens is 1. The van der Waals surface area contributed by atoms with Crippen molar-refractivity contribution < 1.29 is 4.79 Å². The van der Waals surface area contributed by atoms with Crippen LogP contribution in [0.3, 0.4) is 0 Å². The lowest BCUT2D eigenvalue weighted by molar-refractivity contribution is -0.111. The van der Waals surface area contributed by atoms with Gasteiger partial charge < -0.3 is 9.78 Å². The summed E-state index contributed by atoms with van der Waals surface area (Å²) in [6.07, 6.45) is 8.09. The van der Waals surface area contributed by atoms with Crippen molar-refractivity contribution in [1.82, 2.24) is 4.98 Å². The molecule has 1 fully saturated rings. The van der Waals surface area contributed by atoms with Crippen molar-refractivity contribution >= 4 is 17.2 Å². The van der Waals surface area contributed by atoms with Crippen molar-refractivity contribution in [1.29, 1.82) is 0 Å². The Balaban J connectivity index is 0.000000591. The Kier molecular flexibility index (Phi) is 8.89. The number of aryl methyl sites for hydroxylation is 2. The van der Waals surface area contributed by atoms with Gasteiger partial charge in [-0.1, -0.05) is 57.9 Å². The molecule has 0 atom stereocenters. The Morgan fingerprint density at radius 2 is 1.63 bits per heavy atom. The number of aldehydes is 1. The molecule has 162 valence electrons. The average Bonchev–Trinajstić information content (AvgIpc) is 3.17. The number of rotatable bonds is 4. The molecule has 1 N–H and O–H groups in total. The molecule has 1 aliphatic rings. The largest absolute Gasteiger partial charge is 0.355 e. The summed E-state index contributed by atoms with van der Waals surface area (Å²) in [5.41, 5.74) is 7.69. The van der Waals surface area contributed by atoms with E-state index in [9.17, 15) is 4.79 Å². The summed E-state index contributed by atoms with van der Waals surface area (Å²) in [6.45, 7) is 8.67. The first-order chi connectivity index (χ1) is 14.0. The number of unbranched alkanes of at least 4 members (excludes halogenated alkanes) is 1. The predicted molar refractivity (Wildman–Crippen MR) is 131 cm³/mol. The maximum atomic E-state index is 11.0. The van der Waals surface area contributed by atoms with E-state index in [2.05, 4.69) is 75.1 Å². The first-order valence-corrected chi connectivity index (χ1v) is 11.2. The van der Waals surface area contributed by atoms with E-state index in [1.54, 1.807) is 0 Å². The fourth-order valence-electron chi connectivity index (χ4n) is 4.17. The Labute approximate surface area is 183 Å². The van der Waals surface area contributed by atoms with Crippen LogP contribution in [-0.2, 0) is 4.79 Å². The van der Waals surface area contributed by atoms with E-state index in [1.807, 2.05) is 0 Å². The molecular formula is C28H39NO. The second-order valence-electron chi connectivity index (χ2n) is 8.60. The lowest BCUT2D eigenvalue weighted by Crippen LogP contribution is -2.14. The fourth-order valence-corrected chi connectivity index (χ4v) is 4.17. The molecule has 1 heterocycles. The molecule has 2 heteroatoms. The highest BCUT2D eigenvalue weighted by molar-refractivity contribution is 5.87. The first-order valence-electron chi connectivity index (χ1n) is 11.2. The average molecular weight is 406 g/mol. The van der Waals surface area contributed by atoms with Gasteiger partial charge in [0.15, 0.2) is 0 Å². The van der Waals surface area contributed by atoms with Crippen LogP contribution in [0.2, 0.25) is 0 Å². The van der Waals surface area contributed by atoms with E-state index in [0.717, 1.165) is 32.0 Å². The number of carbonyl (C=O) groups excluding carboxylic acids is 1. The molecule has 30 heavy (non-hydrogen) atoms. The van der Waals surface area contributed by atoms with Gasteiger partial charge in [0.2, 0.25) is 0 Å². The zero-order chi connectivity index (χ0) is 20.8. The summed E-state index contributed by atoms with van der Waals surface area (Å²) < 4.78 is 0. The highest BCUT2D eigenvalue weighted by Gasteiger charge is 2.22. The lowest BCUT2D eigenvalue weighted by Gasteiger charge is -2.26. The van der Waals surface area contributed by atoms with Crippen molar-refractivity contribution in [2.45, 2.75) is 79.6 Å². The van der Waals surface area contributed by atoms with Gasteiger partial charge >= 0.3 is 0 Å². The summed E-state index contributed by atoms with van der Waals surface area (Å²) in [7, 11) is 0. The minimum Gasteiger partial charge on any atom is -0.355 e. The predicted octanol–water partition coefficient (Wildman–Crippen LogP) is 8.37. The monoisotopic (exact) mass is 405 g/mol. The molecular weight excluding hydrogens is 366 g/mol. The zero-order valence-electron chi connectivity index (χ0n) is 18.4. The van der Waals surface area contributed by atoms with Crippen molar-refractivity contribution in [3.8, 4) is 11.3 Å². The smallest absolute Gasteiger partial charge is 0.123 e. The lowest BCUT2D eigenvalue weighted by atomic mass is 9.78. The normalized spacial score (nSPS) is 18.3. The van der Waals surface area contributed by atoms with E-state index in [4.69, 9.17) is 0 Å². The first kappa shape index (κ1) is 23.9. The topological polar surface area (TPSA) is 32.9 Å². The number of hydrogen-bond donors (Lipinski definition) is 1. The molecule has 0 unspecified atom stereocenters. The van der Waals surface area contributed by atoms with E-state index < -0.39 is 0 Å². The molecule has 2 nitrogen and oxygen atoms in total. The van der Waals surface area contributed by atoms with Crippen molar-refractivity contribution in [2.24, 2.45) is 5.92 Å². The maximum absolute atomic E-state index is 11.0. The van der Waals surface area contributed by atoms with Crippen LogP contribution in [0.15, 0.2) is 42.5 Å². The Morgan fingerprint density at radius 3 is 2.27 bits per heavy atom. The minimum atomic E-state index is 0. The number of H-pyrrole nitrogens is 1. The SMILES string of the molecule is C.CCCC.Cc1ccc2[nH]c(-c3cc(C4CCC(C=O)CC4)ccc3C)cc2c1.